The number of hydrogen-bond acceptors (Lipinski definition) is 4. The lowest BCUT2D eigenvalue weighted by molar-refractivity contribution is -0.136. The van der Waals surface area contributed by atoms with E-state index in [-0.39, 0.29) is 17.9 Å². The molecule has 2 aromatic heterocycles. The van der Waals surface area contributed by atoms with E-state index >= 15 is 0 Å². The Morgan fingerprint density at radius 3 is 2.75 bits per heavy atom. The van der Waals surface area contributed by atoms with Crippen LogP contribution in [0.1, 0.15) is 48.0 Å². The van der Waals surface area contributed by atoms with Gasteiger partial charge in [0, 0.05) is 6.04 Å². The molecule has 0 aromatic carbocycles. The maximum absolute atomic E-state index is 12.9. The summed E-state index contributed by atoms with van der Waals surface area (Å²) in [7, 11) is 0. The monoisotopic (exact) mass is 346 g/mol. The number of rotatable bonds is 6. The van der Waals surface area contributed by atoms with Crippen LogP contribution in [0.4, 0.5) is 0 Å². The molecule has 1 aliphatic rings. The molecule has 6 heteroatoms. The van der Waals surface area contributed by atoms with Gasteiger partial charge in [-0.2, -0.15) is 0 Å². The van der Waals surface area contributed by atoms with Crippen LogP contribution in [-0.4, -0.2) is 28.8 Å². The Morgan fingerprint density at radius 1 is 1.33 bits per heavy atom. The number of nitrogens with zero attached hydrogens (tertiary/aromatic N) is 1. The van der Waals surface area contributed by atoms with Crippen molar-refractivity contribution in [2.45, 2.75) is 51.2 Å². The molecule has 2 amide bonds. The van der Waals surface area contributed by atoms with E-state index < -0.39 is 6.04 Å². The quantitative estimate of drug-likeness (QED) is 0.871. The second-order valence-electron chi connectivity index (χ2n) is 6.16. The van der Waals surface area contributed by atoms with E-state index in [1.165, 1.54) is 11.3 Å². The predicted molar refractivity (Wildman–Crippen MR) is 92.8 cm³/mol. The third-order valence-electron chi connectivity index (χ3n) is 4.42. The number of furan rings is 1. The smallest absolute Gasteiger partial charge is 0.261 e. The zero-order valence-electron chi connectivity index (χ0n) is 13.7. The van der Waals surface area contributed by atoms with Crippen LogP contribution in [0.25, 0.3) is 0 Å². The molecular formula is C18H22N2O3S. The lowest BCUT2D eigenvalue weighted by Gasteiger charge is -2.31. The number of thiophene rings is 1. The second-order valence-corrected chi connectivity index (χ2v) is 7.10. The van der Waals surface area contributed by atoms with E-state index in [2.05, 4.69) is 5.32 Å². The molecule has 0 spiro atoms. The normalized spacial score (nSPS) is 16.0. The number of carbonyl (C=O) groups excluding carboxylic acids is 2. The van der Waals surface area contributed by atoms with Crippen LogP contribution in [0, 0.1) is 0 Å². The molecule has 0 aliphatic heterocycles. The molecule has 1 N–H and O–H groups in total. The fourth-order valence-corrected chi connectivity index (χ4v) is 3.79. The van der Waals surface area contributed by atoms with E-state index in [0.717, 1.165) is 31.4 Å². The van der Waals surface area contributed by atoms with Gasteiger partial charge in [-0.05, 0) is 43.3 Å². The Morgan fingerprint density at radius 2 is 2.12 bits per heavy atom. The summed E-state index contributed by atoms with van der Waals surface area (Å²) in [5, 5.41) is 4.67. The highest BCUT2D eigenvalue weighted by molar-refractivity contribution is 7.12. The minimum atomic E-state index is -0.560. The largest absolute Gasteiger partial charge is 0.467 e. The van der Waals surface area contributed by atoms with E-state index in [1.807, 2.05) is 28.5 Å². The van der Waals surface area contributed by atoms with Gasteiger partial charge in [0.25, 0.3) is 5.91 Å². The highest BCUT2D eigenvalue weighted by Gasteiger charge is 2.31. The van der Waals surface area contributed by atoms with Crippen LogP contribution in [0.5, 0.6) is 0 Å². The number of carbonyl (C=O) groups is 2. The number of hydrogen-bond donors (Lipinski definition) is 1. The van der Waals surface area contributed by atoms with E-state index in [1.54, 1.807) is 19.3 Å². The molecule has 128 valence electrons. The Bertz CT molecular complexity index is 661. The van der Waals surface area contributed by atoms with Gasteiger partial charge in [0.1, 0.15) is 11.8 Å². The van der Waals surface area contributed by atoms with Crippen molar-refractivity contribution >= 4 is 23.2 Å². The minimum absolute atomic E-state index is 0.0526. The zero-order chi connectivity index (χ0) is 16.9. The molecule has 0 unspecified atom stereocenters. The molecule has 3 rings (SSSR count). The average Bonchev–Trinajstić information content (AvgIpc) is 3.35. The highest BCUT2D eigenvalue weighted by atomic mass is 32.1. The molecule has 0 saturated heterocycles. The topological polar surface area (TPSA) is 62.6 Å². The summed E-state index contributed by atoms with van der Waals surface area (Å²) in [6.07, 6.45) is 5.93. The summed E-state index contributed by atoms with van der Waals surface area (Å²) >= 11 is 1.37. The molecule has 2 heterocycles. The molecule has 2 aromatic rings. The first-order chi connectivity index (χ1) is 11.6. The lowest BCUT2D eigenvalue weighted by Crippen LogP contribution is -2.49. The minimum Gasteiger partial charge on any atom is -0.467 e. The van der Waals surface area contributed by atoms with Crippen molar-refractivity contribution in [3.05, 3.63) is 46.5 Å². The Balaban J connectivity index is 1.68. The van der Waals surface area contributed by atoms with Gasteiger partial charge in [-0.3, -0.25) is 9.59 Å². The van der Waals surface area contributed by atoms with Gasteiger partial charge in [0.2, 0.25) is 5.91 Å². The number of nitrogens with one attached hydrogen (secondary N) is 1. The van der Waals surface area contributed by atoms with Crippen LogP contribution in [0.3, 0.4) is 0 Å². The second kappa shape index (κ2) is 7.66. The molecule has 0 radical (unpaired) electrons. The van der Waals surface area contributed by atoms with Crippen molar-refractivity contribution in [3.63, 3.8) is 0 Å². The molecule has 1 saturated carbocycles. The first-order valence-corrected chi connectivity index (χ1v) is 9.20. The van der Waals surface area contributed by atoms with Gasteiger partial charge >= 0.3 is 0 Å². The van der Waals surface area contributed by atoms with E-state index in [9.17, 15) is 9.59 Å². The predicted octanol–water partition coefficient (Wildman–Crippen LogP) is 3.43. The molecule has 0 bridgehead atoms. The first-order valence-electron chi connectivity index (χ1n) is 8.32. The Kier molecular flexibility index (Phi) is 5.35. The summed E-state index contributed by atoms with van der Waals surface area (Å²) in [5.41, 5.74) is 0. The van der Waals surface area contributed by atoms with Gasteiger partial charge < -0.3 is 14.6 Å². The Hall–Kier alpha value is -2.08. The maximum atomic E-state index is 12.9. The summed E-state index contributed by atoms with van der Waals surface area (Å²) in [6, 6.07) is 6.96. The third kappa shape index (κ3) is 3.87. The maximum Gasteiger partial charge on any atom is 0.261 e. The van der Waals surface area contributed by atoms with Gasteiger partial charge in [-0.15, -0.1) is 11.3 Å². The summed E-state index contributed by atoms with van der Waals surface area (Å²) in [4.78, 5) is 27.6. The molecular weight excluding hydrogens is 324 g/mol. The fourth-order valence-electron chi connectivity index (χ4n) is 3.16. The fraction of sp³-hybridized carbons (Fsp3) is 0.444. The molecule has 1 atom stereocenters. The SMILES string of the molecule is C[C@@H](NC(=O)c1cccs1)C(=O)N(Cc1ccco1)C1CCCC1. The zero-order valence-corrected chi connectivity index (χ0v) is 14.6. The summed E-state index contributed by atoms with van der Waals surface area (Å²) in [5.74, 6) is 0.519. The van der Waals surface area contributed by atoms with Gasteiger partial charge in [0.05, 0.1) is 17.7 Å². The van der Waals surface area contributed by atoms with Crippen molar-refractivity contribution in [1.82, 2.24) is 10.2 Å². The van der Waals surface area contributed by atoms with Crippen molar-refractivity contribution in [2.24, 2.45) is 0 Å². The standard InChI is InChI=1S/C18H22N2O3S/c1-13(19-17(21)16-9-5-11-24-16)18(22)20(14-6-2-3-7-14)12-15-8-4-10-23-15/h4-5,8-11,13-14H,2-3,6-7,12H2,1H3,(H,19,21)/t13-/m1/s1. The van der Waals surface area contributed by atoms with Crippen molar-refractivity contribution in [3.8, 4) is 0 Å². The summed E-state index contributed by atoms with van der Waals surface area (Å²) < 4.78 is 5.41. The average molecular weight is 346 g/mol. The van der Waals surface area contributed by atoms with Gasteiger partial charge in [0.15, 0.2) is 0 Å². The molecule has 24 heavy (non-hydrogen) atoms. The third-order valence-corrected chi connectivity index (χ3v) is 5.29. The Labute approximate surface area is 145 Å². The van der Waals surface area contributed by atoms with Crippen LogP contribution < -0.4 is 5.32 Å². The van der Waals surface area contributed by atoms with Crippen LogP contribution in [0.15, 0.2) is 40.3 Å². The van der Waals surface area contributed by atoms with E-state index in [0.29, 0.717) is 11.4 Å². The van der Waals surface area contributed by atoms with Crippen LogP contribution >= 0.6 is 11.3 Å². The van der Waals surface area contributed by atoms with Crippen LogP contribution in [0.2, 0.25) is 0 Å². The molecule has 1 aliphatic carbocycles. The first kappa shape index (κ1) is 16.8. The van der Waals surface area contributed by atoms with Crippen molar-refractivity contribution in [1.29, 1.82) is 0 Å². The molecule has 1 fully saturated rings. The summed E-state index contributed by atoms with van der Waals surface area (Å²) in [6.45, 7) is 2.20. The van der Waals surface area contributed by atoms with Crippen molar-refractivity contribution in [2.75, 3.05) is 0 Å². The van der Waals surface area contributed by atoms with Gasteiger partial charge in [-0.1, -0.05) is 18.9 Å². The highest BCUT2D eigenvalue weighted by Crippen LogP contribution is 2.26. The lowest BCUT2D eigenvalue weighted by atomic mass is 10.1. The van der Waals surface area contributed by atoms with Crippen LogP contribution in [-0.2, 0) is 11.3 Å². The number of amides is 2. The van der Waals surface area contributed by atoms with Gasteiger partial charge in [-0.25, -0.2) is 0 Å². The molecule has 5 nitrogen and oxygen atoms in total. The van der Waals surface area contributed by atoms with Crippen molar-refractivity contribution < 1.29 is 14.0 Å². The van der Waals surface area contributed by atoms with E-state index in [4.69, 9.17) is 4.42 Å².